The van der Waals surface area contributed by atoms with Crippen molar-refractivity contribution in [1.29, 1.82) is 0 Å². The van der Waals surface area contributed by atoms with Gasteiger partial charge in [-0.1, -0.05) is 45.0 Å². The molecule has 0 unspecified atom stereocenters. The van der Waals surface area contributed by atoms with E-state index < -0.39 is 0 Å². The van der Waals surface area contributed by atoms with Crippen molar-refractivity contribution in [1.82, 2.24) is 10.3 Å². The van der Waals surface area contributed by atoms with Gasteiger partial charge in [-0.3, -0.25) is 4.98 Å². The summed E-state index contributed by atoms with van der Waals surface area (Å²) in [6, 6.07) is 10.0. The molecule has 0 saturated heterocycles. The van der Waals surface area contributed by atoms with Crippen LogP contribution in [-0.4, -0.2) is 19.1 Å². The lowest BCUT2D eigenvalue weighted by atomic mass is 9.98. The number of pyridine rings is 1. The summed E-state index contributed by atoms with van der Waals surface area (Å²) >= 11 is 0. The van der Waals surface area contributed by atoms with Crippen LogP contribution in [0.2, 0.25) is 0 Å². The first-order chi connectivity index (χ1) is 11.1. The van der Waals surface area contributed by atoms with Crippen LogP contribution in [0.15, 0.2) is 36.5 Å². The Morgan fingerprint density at radius 3 is 2.09 bits per heavy atom. The second-order valence-corrected chi connectivity index (χ2v) is 5.02. The second kappa shape index (κ2) is 12.8. The summed E-state index contributed by atoms with van der Waals surface area (Å²) in [5, 5.41) is 2.75. The molecule has 23 heavy (non-hydrogen) atoms. The normalized spacial score (nSPS) is 9.35. The van der Waals surface area contributed by atoms with Crippen LogP contribution in [0.4, 0.5) is 4.39 Å². The number of halogens is 1. The number of rotatable bonds is 4. The molecule has 0 saturated carbocycles. The molecule has 2 aromatic rings. The molecule has 1 aromatic heterocycles. The van der Waals surface area contributed by atoms with E-state index in [0.717, 1.165) is 30.5 Å². The topological polar surface area (TPSA) is 24.9 Å². The highest BCUT2D eigenvalue weighted by Gasteiger charge is 2.04. The zero-order chi connectivity index (χ0) is 17.7. The maximum atomic E-state index is 13.2. The quantitative estimate of drug-likeness (QED) is 0.881. The third-order valence-electron chi connectivity index (χ3n) is 3.32. The fourth-order valence-corrected chi connectivity index (χ4v) is 2.22. The van der Waals surface area contributed by atoms with Crippen LogP contribution in [0.5, 0.6) is 0 Å². The highest BCUT2D eigenvalue weighted by Crippen LogP contribution is 2.15. The van der Waals surface area contributed by atoms with Gasteiger partial charge in [0.2, 0.25) is 0 Å². The van der Waals surface area contributed by atoms with Gasteiger partial charge < -0.3 is 5.32 Å². The Morgan fingerprint density at radius 1 is 1.00 bits per heavy atom. The number of benzene rings is 1. The van der Waals surface area contributed by atoms with Crippen LogP contribution in [0.3, 0.4) is 0 Å². The molecule has 3 heteroatoms. The van der Waals surface area contributed by atoms with Crippen molar-refractivity contribution in [2.24, 2.45) is 0 Å². The molecule has 1 aromatic carbocycles. The molecule has 0 aliphatic rings. The van der Waals surface area contributed by atoms with Gasteiger partial charge in [-0.15, -0.1) is 0 Å². The molecule has 0 spiro atoms. The predicted molar refractivity (Wildman–Crippen MR) is 98.5 cm³/mol. The van der Waals surface area contributed by atoms with E-state index in [-0.39, 0.29) is 5.82 Å². The molecule has 2 rings (SSSR count). The van der Waals surface area contributed by atoms with E-state index in [1.54, 1.807) is 6.07 Å². The molecule has 128 valence electrons. The summed E-state index contributed by atoms with van der Waals surface area (Å²) < 4.78 is 13.2. The van der Waals surface area contributed by atoms with Crippen molar-refractivity contribution in [2.75, 3.05) is 14.1 Å². The molecule has 0 bridgehead atoms. The highest BCUT2D eigenvalue weighted by molar-refractivity contribution is 5.29. The maximum Gasteiger partial charge on any atom is 0.141 e. The summed E-state index contributed by atoms with van der Waals surface area (Å²) in [7, 11) is 3.75. The molecule has 0 amide bonds. The predicted octanol–water partition coefficient (Wildman–Crippen LogP) is 4.74. The fraction of sp³-hybridized carbons (Fsp3) is 0.450. The first-order valence-electron chi connectivity index (χ1n) is 8.38. The minimum absolute atomic E-state index is 0.251. The number of aromatic nitrogens is 1. The number of nitrogens with zero attached hydrogens (tertiary/aromatic N) is 1. The first-order valence-corrected chi connectivity index (χ1v) is 8.38. The minimum Gasteiger partial charge on any atom is -0.323 e. The van der Waals surface area contributed by atoms with Gasteiger partial charge in [0, 0.05) is 5.69 Å². The van der Waals surface area contributed by atoms with Gasteiger partial charge in [0.05, 0.1) is 6.20 Å². The Labute approximate surface area is 141 Å². The van der Waals surface area contributed by atoms with E-state index in [2.05, 4.69) is 41.5 Å². The lowest BCUT2D eigenvalue weighted by Gasteiger charge is -2.09. The smallest absolute Gasteiger partial charge is 0.141 e. The summed E-state index contributed by atoms with van der Waals surface area (Å²) in [4.78, 5) is 4.06. The fourth-order valence-electron chi connectivity index (χ4n) is 2.22. The van der Waals surface area contributed by atoms with Gasteiger partial charge in [0.1, 0.15) is 5.82 Å². The van der Waals surface area contributed by atoms with Crippen molar-refractivity contribution in [3.8, 4) is 0 Å². The lowest BCUT2D eigenvalue weighted by molar-refractivity contribution is 0.616. The summed E-state index contributed by atoms with van der Waals surface area (Å²) in [6.45, 7) is 8.09. The third kappa shape index (κ3) is 7.89. The number of hydrogen-bond acceptors (Lipinski definition) is 2. The SMILES string of the molecule is CC.CCc1ccccc1CCc1cc(F)cnc1C.CNC. The summed E-state index contributed by atoms with van der Waals surface area (Å²) in [5.74, 6) is -0.251. The molecule has 0 aliphatic heterocycles. The van der Waals surface area contributed by atoms with Crippen LogP contribution in [0.25, 0.3) is 0 Å². The van der Waals surface area contributed by atoms with E-state index in [1.807, 2.05) is 34.9 Å². The molecule has 0 radical (unpaired) electrons. The largest absolute Gasteiger partial charge is 0.323 e. The van der Waals surface area contributed by atoms with E-state index >= 15 is 0 Å². The maximum absolute atomic E-state index is 13.2. The van der Waals surface area contributed by atoms with Crippen LogP contribution >= 0.6 is 0 Å². The van der Waals surface area contributed by atoms with Crippen molar-refractivity contribution in [3.63, 3.8) is 0 Å². The van der Waals surface area contributed by atoms with Crippen LogP contribution in [-0.2, 0) is 19.3 Å². The molecule has 2 nitrogen and oxygen atoms in total. The van der Waals surface area contributed by atoms with Crippen LogP contribution < -0.4 is 5.32 Å². The Hall–Kier alpha value is -1.74. The van der Waals surface area contributed by atoms with Gasteiger partial charge in [0.15, 0.2) is 0 Å². The van der Waals surface area contributed by atoms with Crippen molar-refractivity contribution in [2.45, 2.75) is 47.0 Å². The van der Waals surface area contributed by atoms with Gasteiger partial charge in [-0.05, 0) is 63.0 Å². The van der Waals surface area contributed by atoms with E-state index in [4.69, 9.17) is 0 Å². The first kappa shape index (κ1) is 21.3. The van der Waals surface area contributed by atoms with Crippen molar-refractivity contribution >= 4 is 0 Å². The Morgan fingerprint density at radius 2 is 1.52 bits per heavy atom. The molecule has 0 atom stereocenters. The number of hydrogen-bond donors (Lipinski definition) is 1. The van der Waals surface area contributed by atoms with Gasteiger partial charge in [-0.25, -0.2) is 4.39 Å². The van der Waals surface area contributed by atoms with Crippen molar-refractivity contribution < 1.29 is 4.39 Å². The van der Waals surface area contributed by atoms with Crippen LogP contribution in [0.1, 0.15) is 43.2 Å². The van der Waals surface area contributed by atoms with E-state index in [1.165, 1.54) is 17.3 Å². The minimum atomic E-state index is -0.251. The zero-order valence-corrected chi connectivity index (χ0v) is 15.4. The average molecular weight is 318 g/mol. The molecular weight excluding hydrogens is 287 g/mol. The second-order valence-electron chi connectivity index (χ2n) is 5.02. The average Bonchev–Trinajstić information content (AvgIpc) is 2.58. The number of nitrogens with one attached hydrogen (secondary N) is 1. The highest BCUT2D eigenvalue weighted by atomic mass is 19.1. The lowest BCUT2D eigenvalue weighted by Crippen LogP contribution is -1.99. The van der Waals surface area contributed by atoms with E-state index in [9.17, 15) is 4.39 Å². The molecule has 0 aliphatic carbocycles. The van der Waals surface area contributed by atoms with Crippen LogP contribution in [0, 0.1) is 12.7 Å². The molecule has 0 fully saturated rings. The van der Waals surface area contributed by atoms with E-state index in [0.29, 0.717) is 0 Å². The Bertz CT molecular complexity index is 553. The monoisotopic (exact) mass is 318 g/mol. The Balaban J connectivity index is 0.000000868. The molecule has 1 N–H and O–H groups in total. The summed E-state index contributed by atoms with van der Waals surface area (Å²) in [6.07, 6.45) is 4.10. The van der Waals surface area contributed by atoms with Gasteiger partial charge >= 0.3 is 0 Å². The Kier molecular flexibility index (Phi) is 11.8. The molecule has 1 heterocycles. The standard InChI is InChI=1S/C16H18FN.C2H7N.C2H6/c1-3-13-6-4-5-7-14(13)8-9-15-10-16(17)11-18-12(15)2;1-3-2;1-2/h4-7,10-11H,3,8-9H2,1-2H3;3H,1-2H3;1-2H3. The van der Waals surface area contributed by atoms with Gasteiger partial charge in [0.25, 0.3) is 0 Å². The number of aryl methyl sites for hydroxylation is 4. The van der Waals surface area contributed by atoms with Gasteiger partial charge in [-0.2, -0.15) is 0 Å². The van der Waals surface area contributed by atoms with Crippen molar-refractivity contribution in [3.05, 3.63) is 64.7 Å². The summed E-state index contributed by atoms with van der Waals surface area (Å²) in [5.41, 5.74) is 4.65. The molecular formula is C20H31FN2. The zero-order valence-electron chi connectivity index (χ0n) is 15.4. The third-order valence-corrected chi connectivity index (χ3v) is 3.32.